The first-order valence-corrected chi connectivity index (χ1v) is 6.37. The summed E-state index contributed by atoms with van der Waals surface area (Å²) in [7, 11) is 1.76. The van der Waals surface area contributed by atoms with E-state index in [2.05, 4.69) is 24.0 Å². The number of ether oxygens (including phenoxy) is 1. The maximum atomic E-state index is 6.05. The zero-order valence-electron chi connectivity index (χ0n) is 10.8. The Bertz CT molecular complexity index is 378. The molecule has 2 N–H and O–H groups in total. The van der Waals surface area contributed by atoms with E-state index in [0.717, 1.165) is 31.7 Å². The Hall–Kier alpha value is -1.22. The van der Waals surface area contributed by atoms with E-state index in [9.17, 15) is 0 Å². The Balaban J connectivity index is 2.19. The summed E-state index contributed by atoms with van der Waals surface area (Å²) >= 11 is 0. The van der Waals surface area contributed by atoms with E-state index in [4.69, 9.17) is 10.5 Å². The molecule has 1 unspecified atom stereocenters. The van der Waals surface area contributed by atoms with E-state index < -0.39 is 0 Å². The number of anilines is 2. The van der Waals surface area contributed by atoms with E-state index in [1.54, 1.807) is 7.11 Å². The van der Waals surface area contributed by atoms with Gasteiger partial charge in [0.2, 0.25) is 0 Å². The van der Waals surface area contributed by atoms with Gasteiger partial charge >= 0.3 is 0 Å². The number of methoxy groups -OCH3 is 1. The molecule has 0 saturated heterocycles. The largest absolute Gasteiger partial charge is 0.398 e. The highest BCUT2D eigenvalue weighted by atomic mass is 16.5. The highest BCUT2D eigenvalue weighted by Crippen LogP contribution is 2.32. The first-order chi connectivity index (χ1) is 8.24. The van der Waals surface area contributed by atoms with Crippen LogP contribution < -0.4 is 10.6 Å². The summed E-state index contributed by atoms with van der Waals surface area (Å²) in [6.07, 6.45) is 3.36. The van der Waals surface area contributed by atoms with Gasteiger partial charge in [-0.05, 0) is 43.9 Å². The minimum absolute atomic E-state index is 0.510. The maximum absolute atomic E-state index is 6.05. The van der Waals surface area contributed by atoms with Gasteiger partial charge in [0.05, 0.1) is 0 Å². The van der Waals surface area contributed by atoms with Gasteiger partial charge in [-0.1, -0.05) is 6.07 Å². The lowest BCUT2D eigenvalue weighted by molar-refractivity contribution is 0.188. The molecule has 0 aromatic heterocycles. The summed E-state index contributed by atoms with van der Waals surface area (Å²) < 4.78 is 5.16. The fourth-order valence-electron chi connectivity index (χ4n) is 2.58. The molecule has 3 heteroatoms. The highest BCUT2D eigenvalue weighted by molar-refractivity contribution is 5.66. The molecule has 0 bridgehead atoms. The highest BCUT2D eigenvalue weighted by Gasteiger charge is 2.22. The number of hydrogen-bond donors (Lipinski definition) is 1. The molecule has 1 aromatic rings. The fourth-order valence-corrected chi connectivity index (χ4v) is 2.58. The van der Waals surface area contributed by atoms with Crippen molar-refractivity contribution in [2.75, 3.05) is 30.9 Å². The number of hydrogen-bond acceptors (Lipinski definition) is 3. The molecule has 1 heterocycles. The molecule has 0 fully saturated rings. The Labute approximate surface area is 104 Å². The second kappa shape index (κ2) is 5.41. The fraction of sp³-hybridized carbons (Fsp3) is 0.571. The first-order valence-electron chi connectivity index (χ1n) is 6.37. The Morgan fingerprint density at radius 2 is 2.29 bits per heavy atom. The van der Waals surface area contributed by atoms with Gasteiger partial charge in [0.15, 0.2) is 0 Å². The number of fused-ring (bicyclic) bond motifs is 1. The van der Waals surface area contributed by atoms with E-state index in [1.165, 1.54) is 17.7 Å². The van der Waals surface area contributed by atoms with Crippen LogP contribution >= 0.6 is 0 Å². The number of nitrogens with two attached hydrogens (primary N) is 1. The van der Waals surface area contributed by atoms with Crippen LogP contribution in [0.25, 0.3) is 0 Å². The van der Waals surface area contributed by atoms with Gasteiger partial charge in [0.25, 0.3) is 0 Å². The Morgan fingerprint density at radius 3 is 3.06 bits per heavy atom. The van der Waals surface area contributed by atoms with Crippen molar-refractivity contribution >= 4 is 11.4 Å². The SMILES string of the molecule is COCCC(C)N1CCCc2c(N)cccc21. The van der Waals surface area contributed by atoms with Crippen LogP contribution in [0.4, 0.5) is 11.4 Å². The third-order valence-electron chi connectivity index (χ3n) is 3.59. The Kier molecular flexibility index (Phi) is 3.89. The molecule has 0 amide bonds. The Morgan fingerprint density at radius 1 is 1.47 bits per heavy atom. The summed E-state index contributed by atoms with van der Waals surface area (Å²) in [5.41, 5.74) is 9.63. The molecular weight excluding hydrogens is 212 g/mol. The standard InChI is InChI=1S/C14H22N2O/c1-11(8-10-17-2)16-9-4-5-12-13(15)6-3-7-14(12)16/h3,6-7,11H,4-5,8-10,15H2,1-2H3. The third-order valence-corrected chi connectivity index (χ3v) is 3.59. The van der Waals surface area contributed by atoms with Gasteiger partial charge in [0, 0.05) is 37.7 Å². The normalized spacial score (nSPS) is 16.7. The van der Waals surface area contributed by atoms with Crippen molar-refractivity contribution in [1.29, 1.82) is 0 Å². The van der Waals surface area contributed by atoms with Crippen molar-refractivity contribution in [3.63, 3.8) is 0 Å². The van der Waals surface area contributed by atoms with Crippen LogP contribution in [0.2, 0.25) is 0 Å². The van der Waals surface area contributed by atoms with Gasteiger partial charge in [-0.2, -0.15) is 0 Å². The van der Waals surface area contributed by atoms with Crippen LogP contribution in [0.15, 0.2) is 18.2 Å². The van der Waals surface area contributed by atoms with Gasteiger partial charge in [-0.25, -0.2) is 0 Å². The summed E-state index contributed by atoms with van der Waals surface area (Å²) in [6.45, 7) is 4.20. The summed E-state index contributed by atoms with van der Waals surface area (Å²) in [5, 5.41) is 0. The van der Waals surface area contributed by atoms with Crippen LogP contribution in [0.5, 0.6) is 0 Å². The molecule has 1 aliphatic rings. The van der Waals surface area contributed by atoms with Crippen molar-refractivity contribution in [2.24, 2.45) is 0 Å². The van der Waals surface area contributed by atoms with Crippen molar-refractivity contribution < 1.29 is 4.74 Å². The van der Waals surface area contributed by atoms with Crippen LogP contribution in [0, 0.1) is 0 Å². The second-order valence-electron chi connectivity index (χ2n) is 4.77. The van der Waals surface area contributed by atoms with Crippen molar-refractivity contribution in [2.45, 2.75) is 32.2 Å². The predicted octanol–water partition coefficient (Wildman–Crippen LogP) is 2.45. The number of nitrogen functional groups attached to an aromatic ring is 1. The minimum atomic E-state index is 0.510. The van der Waals surface area contributed by atoms with Gasteiger partial charge in [-0.3, -0.25) is 0 Å². The lowest BCUT2D eigenvalue weighted by Gasteiger charge is -2.36. The van der Waals surface area contributed by atoms with Gasteiger partial charge in [0.1, 0.15) is 0 Å². The molecule has 0 spiro atoms. The van der Waals surface area contributed by atoms with E-state index in [1.807, 2.05) is 6.07 Å². The van der Waals surface area contributed by atoms with E-state index >= 15 is 0 Å². The summed E-state index contributed by atoms with van der Waals surface area (Å²) in [5.74, 6) is 0. The van der Waals surface area contributed by atoms with E-state index in [0.29, 0.717) is 6.04 Å². The van der Waals surface area contributed by atoms with E-state index in [-0.39, 0.29) is 0 Å². The number of benzene rings is 1. The first kappa shape index (κ1) is 12.2. The number of rotatable bonds is 4. The predicted molar refractivity (Wildman–Crippen MR) is 72.5 cm³/mol. The number of nitrogens with zero attached hydrogens (tertiary/aromatic N) is 1. The van der Waals surface area contributed by atoms with Crippen LogP contribution in [-0.2, 0) is 11.2 Å². The summed E-state index contributed by atoms with van der Waals surface area (Å²) in [6, 6.07) is 6.75. The monoisotopic (exact) mass is 234 g/mol. The average molecular weight is 234 g/mol. The lowest BCUT2D eigenvalue weighted by atomic mass is 9.98. The average Bonchev–Trinajstić information content (AvgIpc) is 2.36. The van der Waals surface area contributed by atoms with Crippen molar-refractivity contribution in [3.05, 3.63) is 23.8 Å². The van der Waals surface area contributed by atoms with Crippen molar-refractivity contribution in [1.82, 2.24) is 0 Å². The molecule has 1 aliphatic heterocycles. The molecule has 3 nitrogen and oxygen atoms in total. The molecule has 0 saturated carbocycles. The smallest absolute Gasteiger partial charge is 0.0481 e. The van der Waals surface area contributed by atoms with Crippen molar-refractivity contribution in [3.8, 4) is 0 Å². The zero-order valence-corrected chi connectivity index (χ0v) is 10.8. The molecule has 94 valence electrons. The minimum Gasteiger partial charge on any atom is -0.398 e. The molecule has 1 aromatic carbocycles. The molecule has 2 rings (SSSR count). The third kappa shape index (κ3) is 2.55. The second-order valence-corrected chi connectivity index (χ2v) is 4.77. The summed E-state index contributed by atoms with van der Waals surface area (Å²) in [4.78, 5) is 2.47. The molecule has 0 radical (unpaired) electrons. The molecule has 0 aliphatic carbocycles. The molecule has 17 heavy (non-hydrogen) atoms. The lowest BCUT2D eigenvalue weighted by Crippen LogP contribution is -2.38. The van der Waals surface area contributed by atoms with Gasteiger partial charge < -0.3 is 15.4 Å². The van der Waals surface area contributed by atoms with Crippen LogP contribution in [-0.4, -0.2) is 26.3 Å². The topological polar surface area (TPSA) is 38.5 Å². The van der Waals surface area contributed by atoms with Crippen LogP contribution in [0.3, 0.4) is 0 Å². The molecular formula is C14H22N2O. The quantitative estimate of drug-likeness (QED) is 0.813. The molecule has 1 atom stereocenters. The maximum Gasteiger partial charge on any atom is 0.0481 e. The van der Waals surface area contributed by atoms with Gasteiger partial charge in [-0.15, -0.1) is 0 Å². The zero-order chi connectivity index (χ0) is 12.3. The van der Waals surface area contributed by atoms with Crippen LogP contribution in [0.1, 0.15) is 25.3 Å².